The predicted molar refractivity (Wildman–Crippen MR) is 92.2 cm³/mol. The van der Waals surface area contributed by atoms with Gasteiger partial charge in [0.1, 0.15) is 28.3 Å². The van der Waals surface area contributed by atoms with Crippen LogP contribution in [-0.2, 0) is 0 Å². The van der Waals surface area contributed by atoms with Crippen molar-refractivity contribution in [3.8, 4) is 6.07 Å². The van der Waals surface area contributed by atoms with Gasteiger partial charge in [-0.1, -0.05) is 11.6 Å². The van der Waals surface area contributed by atoms with Crippen LogP contribution in [-0.4, -0.2) is 33.5 Å². The second kappa shape index (κ2) is 6.69. The van der Waals surface area contributed by atoms with Crippen molar-refractivity contribution in [2.24, 2.45) is 0 Å². The minimum absolute atomic E-state index is 0.282. The Morgan fingerprint density at radius 3 is 2.74 bits per heavy atom. The highest BCUT2D eigenvalue weighted by molar-refractivity contribution is 7.10. The van der Waals surface area contributed by atoms with Gasteiger partial charge in [0, 0.05) is 30.9 Å². The van der Waals surface area contributed by atoms with Gasteiger partial charge in [-0.2, -0.15) is 9.64 Å². The average Bonchev–Trinajstić information content (AvgIpc) is 2.87. The van der Waals surface area contributed by atoms with E-state index in [0.29, 0.717) is 11.6 Å². The molecule has 0 bridgehead atoms. The fraction of sp³-hybridized carbons (Fsp3) is 0.467. The van der Waals surface area contributed by atoms with Crippen LogP contribution < -0.4 is 10.2 Å². The predicted octanol–water partition coefficient (Wildman–Crippen LogP) is 3.16. The number of halogens is 1. The Morgan fingerprint density at radius 2 is 2.09 bits per heavy atom. The fourth-order valence-corrected chi connectivity index (χ4v) is 3.78. The number of piperidine rings is 1. The zero-order valence-electron chi connectivity index (χ0n) is 13.0. The van der Waals surface area contributed by atoms with Gasteiger partial charge in [0.05, 0.1) is 0 Å². The summed E-state index contributed by atoms with van der Waals surface area (Å²) in [5.41, 5.74) is 1.44. The van der Waals surface area contributed by atoms with E-state index in [1.165, 1.54) is 11.5 Å². The SMILES string of the molecule is Cc1cc(N2CCC(Nc3snc(Cl)c3C#N)CC2)nc(C)n1. The maximum atomic E-state index is 9.13. The highest BCUT2D eigenvalue weighted by Crippen LogP contribution is 2.30. The summed E-state index contributed by atoms with van der Waals surface area (Å²) in [6.07, 6.45) is 1.95. The molecule has 0 unspecified atom stereocenters. The molecule has 3 heterocycles. The van der Waals surface area contributed by atoms with E-state index in [1.54, 1.807) is 0 Å². The molecule has 6 nitrogen and oxygen atoms in total. The van der Waals surface area contributed by atoms with Crippen molar-refractivity contribution in [1.29, 1.82) is 5.26 Å². The molecular formula is C15H17ClN6S. The Kier molecular flexibility index (Phi) is 4.64. The van der Waals surface area contributed by atoms with Crippen LogP contribution >= 0.6 is 23.1 Å². The number of aromatic nitrogens is 3. The van der Waals surface area contributed by atoms with Gasteiger partial charge in [-0.25, -0.2) is 9.97 Å². The van der Waals surface area contributed by atoms with Gasteiger partial charge >= 0.3 is 0 Å². The van der Waals surface area contributed by atoms with Crippen LogP contribution in [0.15, 0.2) is 6.07 Å². The summed E-state index contributed by atoms with van der Waals surface area (Å²) < 4.78 is 4.03. The number of hydrogen-bond acceptors (Lipinski definition) is 7. The van der Waals surface area contributed by atoms with Crippen LogP contribution in [0.4, 0.5) is 10.8 Å². The molecule has 0 radical (unpaired) electrons. The number of rotatable bonds is 3. The molecule has 0 atom stereocenters. The Hall–Kier alpha value is -1.91. The van der Waals surface area contributed by atoms with Crippen LogP contribution in [0.1, 0.15) is 29.9 Å². The lowest BCUT2D eigenvalue weighted by molar-refractivity contribution is 0.523. The molecular weight excluding hydrogens is 332 g/mol. The lowest BCUT2D eigenvalue weighted by Crippen LogP contribution is -2.39. The minimum Gasteiger partial charge on any atom is -0.372 e. The van der Waals surface area contributed by atoms with Crippen molar-refractivity contribution >= 4 is 34.0 Å². The van der Waals surface area contributed by atoms with Crippen molar-refractivity contribution in [1.82, 2.24) is 14.3 Å². The molecule has 2 aromatic heterocycles. The summed E-state index contributed by atoms with van der Waals surface area (Å²) in [6, 6.07) is 4.45. The van der Waals surface area contributed by atoms with E-state index in [1.807, 2.05) is 19.9 Å². The van der Waals surface area contributed by atoms with Gasteiger partial charge in [-0.3, -0.25) is 0 Å². The van der Waals surface area contributed by atoms with Crippen LogP contribution in [0.25, 0.3) is 0 Å². The first-order chi connectivity index (χ1) is 11.1. The van der Waals surface area contributed by atoms with E-state index in [9.17, 15) is 0 Å². The number of nitriles is 1. The van der Waals surface area contributed by atoms with Crippen LogP contribution in [0.3, 0.4) is 0 Å². The van der Waals surface area contributed by atoms with Crippen molar-refractivity contribution in [2.45, 2.75) is 32.7 Å². The molecule has 1 fully saturated rings. The van der Waals surface area contributed by atoms with Gasteiger partial charge in [0.2, 0.25) is 0 Å². The molecule has 8 heteroatoms. The molecule has 1 N–H and O–H groups in total. The van der Waals surface area contributed by atoms with E-state index in [2.05, 4.69) is 30.6 Å². The lowest BCUT2D eigenvalue weighted by atomic mass is 10.0. The molecule has 2 aromatic rings. The first-order valence-corrected chi connectivity index (χ1v) is 8.61. The molecule has 1 saturated heterocycles. The largest absolute Gasteiger partial charge is 0.372 e. The first kappa shape index (κ1) is 16.0. The average molecular weight is 349 g/mol. The number of nitrogens with one attached hydrogen (secondary N) is 1. The molecule has 3 rings (SSSR count). The van der Waals surface area contributed by atoms with Crippen LogP contribution in [0.5, 0.6) is 0 Å². The fourth-order valence-electron chi connectivity index (χ4n) is 2.76. The second-order valence-electron chi connectivity index (χ2n) is 5.61. The molecule has 120 valence electrons. The van der Waals surface area contributed by atoms with Crippen LogP contribution in [0, 0.1) is 25.2 Å². The molecule has 23 heavy (non-hydrogen) atoms. The zero-order valence-corrected chi connectivity index (χ0v) is 14.6. The van der Waals surface area contributed by atoms with E-state index < -0.39 is 0 Å². The molecule has 1 aliphatic rings. The van der Waals surface area contributed by atoms with E-state index in [-0.39, 0.29) is 5.15 Å². The van der Waals surface area contributed by atoms with Gasteiger partial charge < -0.3 is 10.2 Å². The van der Waals surface area contributed by atoms with Crippen molar-refractivity contribution in [3.05, 3.63) is 28.3 Å². The van der Waals surface area contributed by atoms with E-state index in [0.717, 1.165) is 48.3 Å². The smallest absolute Gasteiger partial charge is 0.162 e. The maximum absolute atomic E-state index is 9.13. The quantitative estimate of drug-likeness (QED) is 0.918. The third-order valence-electron chi connectivity index (χ3n) is 3.87. The molecule has 0 saturated carbocycles. The van der Waals surface area contributed by atoms with Gasteiger partial charge in [0.25, 0.3) is 0 Å². The summed E-state index contributed by atoms with van der Waals surface area (Å²) >= 11 is 7.16. The zero-order chi connectivity index (χ0) is 16.4. The Labute approximate surface area is 144 Å². The van der Waals surface area contributed by atoms with E-state index in [4.69, 9.17) is 16.9 Å². The van der Waals surface area contributed by atoms with Gasteiger partial charge in [-0.05, 0) is 38.2 Å². The van der Waals surface area contributed by atoms with Crippen molar-refractivity contribution < 1.29 is 0 Å². The summed E-state index contributed by atoms with van der Waals surface area (Å²) in [4.78, 5) is 11.1. The first-order valence-electron chi connectivity index (χ1n) is 7.46. The summed E-state index contributed by atoms with van der Waals surface area (Å²) in [5.74, 6) is 1.80. The van der Waals surface area contributed by atoms with Crippen LogP contribution in [0.2, 0.25) is 5.15 Å². The van der Waals surface area contributed by atoms with Crippen molar-refractivity contribution in [3.63, 3.8) is 0 Å². The lowest BCUT2D eigenvalue weighted by Gasteiger charge is -2.33. The number of aryl methyl sites for hydroxylation is 2. The molecule has 0 amide bonds. The summed E-state index contributed by atoms with van der Waals surface area (Å²) in [5, 5.41) is 13.6. The Balaban J connectivity index is 1.63. The third-order valence-corrected chi connectivity index (χ3v) is 5.02. The second-order valence-corrected chi connectivity index (χ2v) is 6.74. The summed E-state index contributed by atoms with van der Waals surface area (Å²) in [6.45, 7) is 5.75. The molecule has 0 aromatic carbocycles. The number of nitrogens with zero attached hydrogens (tertiary/aromatic N) is 5. The number of hydrogen-bond donors (Lipinski definition) is 1. The highest BCUT2D eigenvalue weighted by atomic mass is 35.5. The standard InChI is InChI=1S/C15H17ClN6S/c1-9-7-13(19-10(2)18-9)22-5-3-11(4-6-22)20-15-12(8-17)14(16)21-23-15/h7,11,20H,3-6H2,1-2H3. The van der Waals surface area contributed by atoms with E-state index >= 15 is 0 Å². The topological polar surface area (TPSA) is 77.7 Å². The maximum Gasteiger partial charge on any atom is 0.162 e. The minimum atomic E-state index is 0.282. The molecule has 0 aliphatic carbocycles. The van der Waals surface area contributed by atoms with Crippen molar-refractivity contribution in [2.75, 3.05) is 23.3 Å². The highest BCUT2D eigenvalue weighted by Gasteiger charge is 2.22. The third kappa shape index (κ3) is 3.54. The van der Waals surface area contributed by atoms with Gasteiger partial charge in [-0.15, -0.1) is 0 Å². The Bertz CT molecular complexity index is 725. The monoisotopic (exact) mass is 348 g/mol. The molecule has 1 aliphatic heterocycles. The van der Waals surface area contributed by atoms with Gasteiger partial charge in [0.15, 0.2) is 5.15 Å². The Morgan fingerprint density at radius 1 is 1.35 bits per heavy atom. The summed E-state index contributed by atoms with van der Waals surface area (Å²) in [7, 11) is 0. The normalized spacial score (nSPS) is 15.5. The molecule has 0 spiro atoms. The number of anilines is 2.